The number of aryl methyl sites for hydroxylation is 1. The second kappa shape index (κ2) is 16.3. The molecule has 2 amide bonds. The molecule has 0 aromatic heterocycles. The predicted octanol–water partition coefficient (Wildman–Crippen LogP) is 7.71. The minimum absolute atomic E-state index is 0.00154. The lowest BCUT2D eigenvalue weighted by Crippen LogP contribution is -2.53. The van der Waals surface area contributed by atoms with Gasteiger partial charge in [0.05, 0.1) is 10.6 Å². The fourth-order valence-corrected chi connectivity index (χ4v) is 7.02. The molecule has 0 unspecified atom stereocenters. The van der Waals surface area contributed by atoms with Gasteiger partial charge in [-0.05, 0) is 60.9 Å². The molecule has 0 bridgehead atoms. The number of hydrogen-bond donors (Lipinski definition) is 1. The van der Waals surface area contributed by atoms with Gasteiger partial charge in [0.15, 0.2) is 0 Å². The molecular formula is C35H36Cl3N3O4S. The standard InChI is InChI=1S/C35H36Cl3N3O4S/c1-3-4-20-39-35(43)33(21-26-12-7-5-8-13-26)40(23-29-30(36)16-11-17-31(29)37)34(42)24-41(27-19-18-25(2)32(38)22-27)46(44,45)28-14-9-6-10-15-28/h5-19,22,33H,3-4,20-21,23-24H2,1-2H3,(H,39,43)/t33-/m1/s1. The van der Waals surface area contributed by atoms with Crippen LogP contribution in [0.4, 0.5) is 5.69 Å². The van der Waals surface area contributed by atoms with Crippen LogP contribution >= 0.6 is 34.8 Å². The molecule has 0 saturated heterocycles. The van der Waals surface area contributed by atoms with Gasteiger partial charge in [0.1, 0.15) is 12.6 Å². The molecule has 0 spiro atoms. The van der Waals surface area contributed by atoms with Gasteiger partial charge < -0.3 is 10.2 Å². The number of benzene rings is 4. The molecule has 1 N–H and O–H groups in total. The molecule has 4 rings (SSSR count). The fraction of sp³-hybridized carbons (Fsp3) is 0.257. The molecule has 0 saturated carbocycles. The van der Waals surface area contributed by atoms with Crippen LogP contribution in [0.15, 0.2) is 102 Å². The van der Waals surface area contributed by atoms with E-state index in [0.717, 1.165) is 28.3 Å². The van der Waals surface area contributed by atoms with Crippen molar-refractivity contribution in [2.75, 3.05) is 17.4 Å². The summed E-state index contributed by atoms with van der Waals surface area (Å²) in [5.74, 6) is -0.997. The SMILES string of the molecule is CCCCNC(=O)[C@@H](Cc1ccccc1)N(Cc1c(Cl)cccc1Cl)C(=O)CN(c1ccc(C)c(Cl)c1)S(=O)(=O)c1ccccc1. The van der Waals surface area contributed by atoms with E-state index in [0.29, 0.717) is 27.2 Å². The smallest absolute Gasteiger partial charge is 0.264 e. The Bertz CT molecular complexity index is 1740. The van der Waals surface area contributed by atoms with Gasteiger partial charge in [0.25, 0.3) is 10.0 Å². The summed E-state index contributed by atoms with van der Waals surface area (Å²) in [6.07, 6.45) is 1.80. The molecule has 242 valence electrons. The number of hydrogen-bond acceptors (Lipinski definition) is 4. The van der Waals surface area contributed by atoms with E-state index in [1.54, 1.807) is 55.5 Å². The van der Waals surface area contributed by atoms with E-state index < -0.39 is 28.5 Å². The summed E-state index contributed by atoms with van der Waals surface area (Å²) >= 11 is 19.6. The molecule has 1 atom stereocenters. The maximum atomic E-state index is 14.6. The van der Waals surface area contributed by atoms with Gasteiger partial charge in [-0.2, -0.15) is 0 Å². The van der Waals surface area contributed by atoms with E-state index in [-0.39, 0.29) is 29.5 Å². The number of amides is 2. The number of rotatable bonds is 14. The molecule has 0 aliphatic rings. The Kier molecular flexibility index (Phi) is 12.5. The maximum absolute atomic E-state index is 14.6. The minimum Gasteiger partial charge on any atom is -0.354 e. The number of nitrogens with zero attached hydrogens (tertiary/aromatic N) is 2. The molecule has 11 heteroatoms. The van der Waals surface area contributed by atoms with Gasteiger partial charge >= 0.3 is 0 Å². The van der Waals surface area contributed by atoms with E-state index in [4.69, 9.17) is 34.8 Å². The van der Waals surface area contributed by atoms with Crippen molar-refractivity contribution in [1.82, 2.24) is 10.2 Å². The van der Waals surface area contributed by atoms with Crippen LogP contribution in [0.2, 0.25) is 15.1 Å². The number of carbonyl (C=O) groups excluding carboxylic acids is 2. The number of nitrogens with one attached hydrogen (secondary N) is 1. The summed E-state index contributed by atoms with van der Waals surface area (Å²) in [5, 5.41) is 3.93. The second-order valence-corrected chi connectivity index (χ2v) is 13.9. The van der Waals surface area contributed by atoms with Crippen molar-refractivity contribution in [3.63, 3.8) is 0 Å². The largest absolute Gasteiger partial charge is 0.354 e. The Morgan fingerprint density at radius 1 is 0.826 bits per heavy atom. The first-order valence-electron chi connectivity index (χ1n) is 14.9. The zero-order chi connectivity index (χ0) is 33.3. The van der Waals surface area contributed by atoms with Crippen molar-refractivity contribution in [2.24, 2.45) is 0 Å². The Hall–Kier alpha value is -3.56. The second-order valence-electron chi connectivity index (χ2n) is 10.8. The molecule has 0 aliphatic heterocycles. The van der Waals surface area contributed by atoms with Crippen molar-refractivity contribution in [2.45, 2.75) is 50.6 Å². The summed E-state index contributed by atoms with van der Waals surface area (Å²) < 4.78 is 29.2. The lowest BCUT2D eigenvalue weighted by molar-refractivity contribution is -0.140. The number of anilines is 1. The van der Waals surface area contributed by atoms with Crippen LogP contribution in [-0.4, -0.2) is 44.3 Å². The lowest BCUT2D eigenvalue weighted by Gasteiger charge is -2.34. The zero-order valence-electron chi connectivity index (χ0n) is 25.6. The van der Waals surface area contributed by atoms with Gasteiger partial charge in [0, 0.05) is 40.1 Å². The van der Waals surface area contributed by atoms with Crippen LogP contribution in [0, 0.1) is 6.92 Å². The summed E-state index contributed by atoms with van der Waals surface area (Å²) in [5.41, 5.74) is 2.21. The molecule has 0 heterocycles. The van der Waals surface area contributed by atoms with Crippen molar-refractivity contribution in [3.05, 3.63) is 129 Å². The highest BCUT2D eigenvalue weighted by molar-refractivity contribution is 7.92. The molecule has 7 nitrogen and oxygen atoms in total. The number of sulfonamides is 1. The van der Waals surface area contributed by atoms with Crippen molar-refractivity contribution >= 4 is 62.3 Å². The van der Waals surface area contributed by atoms with Crippen molar-refractivity contribution in [1.29, 1.82) is 0 Å². The predicted molar refractivity (Wildman–Crippen MR) is 186 cm³/mol. The molecule has 4 aromatic rings. The van der Waals surface area contributed by atoms with E-state index in [1.165, 1.54) is 23.1 Å². The Balaban J connectivity index is 1.83. The van der Waals surface area contributed by atoms with Gasteiger partial charge in [-0.25, -0.2) is 8.42 Å². The van der Waals surface area contributed by atoms with Gasteiger partial charge in [-0.3, -0.25) is 13.9 Å². The van der Waals surface area contributed by atoms with Crippen LogP contribution in [0.1, 0.15) is 36.5 Å². The highest BCUT2D eigenvalue weighted by Gasteiger charge is 2.35. The third kappa shape index (κ3) is 8.82. The average molecular weight is 701 g/mol. The first kappa shape index (κ1) is 35.3. The first-order chi connectivity index (χ1) is 22.0. The molecule has 0 fully saturated rings. The van der Waals surface area contributed by atoms with Crippen LogP contribution in [0.25, 0.3) is 0 Å². The topological polar surface area (TPSA) is 86.8 Å². The van der Waals surface area contributed by atoms with E-state index in [2.05, 4.69) is 5.32 Å². The number of halogens is 3. The van der Waals surface area contributed by atoms with Gasteiger partial charge in [-0.15, -0.1) is 0 Å². The zero-order valence-corrected chi connectivity index (χ0v) is 28.7. The number of carbonyl (C=O) groups is 2. The normalized spacial score (nSPS) is 11.9. The summed E-state index contributed by atoms with van der Waals surface area (Å²) in [7, 11) is -4.25. The third-order valence-electron chi connectivity index (χ3n) is 7.54. The Labute approximate surface area is 286 Å². The highest BCUT2D eigenvalue weighted by atomic mass is 35.5. The first-order valence-corrected chi connectivity index (χ1v) is 17.5. The molecule has 0 aliphatic carbocycles. The van der Waals surface area contributed by atoms with Crippen molar-refractivity contribution in [3.8, 4) is 0 Å². The van der Waals surface area contributed by atoms with E-state index in [9.17, 15) is 18.0 Å². The minimum atomic E-state index is -4.25. The van der Waals surface area contributed by atoms with Gasteiger partial charge in [-0.1, -0.05) is 109 Å². The van der Waals surface area contributed by atoms with Crippen LogP contribution < -0.4 is 9.62 Å². The summed E-state index contributed by atoms with van der Waals surface area (Å²) in [6, 6.07) is 26.0. The lowest BCUT2D eigenvalue weighted by atomic mass is 10.0. The van der Waals surface area contributed by atoms with Crippen molar-refractivity contribution < 1.29 is 18.0 Å². The van der Waals surface area contributed by atoms with Crippen LogP contribution in [0.5, 0.6) is 0 Å². The monoisotopic (exact) mass is 699 g/mol. The summed E-state index contributed by atoms with van der Waals surface area (Å²) in [4.78, 5) is 29.8. The van der Waals surface area contributed by atoms with Crippen LogP contribution in [0.3, 0.4) is 0 Å². The maximum Gasteiger partial charge on any atom is 0.264 e. The average Bonchev–Trinajstić information content (AvgIpc) is 3.05. The van der Waals surface area contributed by atoms with Gasteiger partial charge in [0.2, 0.25) is 11.8 Å². The van der Waals surface area contributed by atoms with E-state index >= 15 is 0 Å². The molecule has 4 aromatic carbocycles. The van der Waals surface area contributed by atoms with Crippen LogP contribution in [-0.2, 0) is 32.6 Å². The molecule has 0 radical (unpaired) electrons. The quantitative estimate of drug-likeness (QED) is 0.137. The Morgan fingerprint density at radius 3 is 2.07 bits per heavy atom. The molecule has 46 heavy (non-hydrogen) atoms. The summed E-state index contributed by atoms with van der Waals surface area (Å²) in [6.45, 7) is 3.48. The van der Waals surface area contributed by atoms with E-state index in [1.807, 2.05) is 37.3 Å². The highest BCUT2D eigenvalue weighted by Crippen LogP contribution is 2.30. The third-order valence-corrected chi connectivity index (χ3v) is 10.4. The molecular weight excluding hydrogens is 665 g/mol. The Morgan fingerprint density at radius 2 is 1.46 bits per heavy atom. The fourth-order valence-electron chi connectivity index (χ4n) is 4.90. The number of unbranched alkanes of at least 4 members (excludes halogenated alkanes) is 1.